The molecule has 1 aliphatic carbocycles. The molecule has 1 aromatic carbocycles. The molecule has 0 spiro atoms. The van der Waals surface area contributed by atoms with E-state index in [1.807, 2.05) is 19.0 Å². The van der Waals surface area contributed by atoms with Crippen molar-refractivity contribution in [3.63, 3.8) is 0 Å². The zero-order chi connectivity index (χ0) is 31.7. The number of hydrogen-bond acceptors (Lipinski definition) is 6. The van der Waals surface area contributed by atoms with E-state index in [4.69, 9.17) is 0 Å². The molecule has 43 heavy (non-hydrogen) atoms. The molecule has 8 nitrogen and oxygen atoms in total. The summed E-state index contributed by atoms with van der Waals surface area (Å²) in [4.78, 5) is 23.6. The van der Waals surface area contributed by atoms with Crippen molar-refractivity contribution in [3.8, 4) is 0 Å². The summed E-state index contributed by atoms with van der Waals surface area (Å²) in [6.45, 7) is -0.0999. The lowest BCUT2D eigenvalue weighted by Gasteiger charge is -2.29. The number of anilines is 1. The number of fused-ring (bicyclic) bond motifs is 1. The van der Waals surface area contributed by atoms with Crippen LogP contribution >= 0.6 is 15.9 Å². The molecule has 2 N–H and O–H groups in total. The highest BCUT2D eigenvalue weighted by Crippen LogP contribution is 2.52. The summed E-state index contributed by atoms with van der Waals surface area (Å²) in [5, 5.41) is 8.75. The average Bonchev–Trinajstić information content (AvgIpc) is 3.29. The van der Waals surface area contributed by atoms with E-state index in [-0.39, 0.29) is 32.8 Å². The molecule has 1 atom stereocenters. The zero-order valence-corrected chi connectivity index (χ0v) is 24.3. The Morgan fingerprint density at radius 3 is 2.35 bits per heavy atom. The topological polar surface area (TPSA) is 88.0 Å². The number of halogens is 9. The van der Waals surface area contributed by atoms with Gasteiger partial charge in [-0.3, -0.25) is 9.48 Å². The van der Waals surface area contributed by atoms with Gasteiger partial charge in [0.1, 0.15) is 29.6 Å². The van der Waals surface area contributed by atoms with Gasteiger partial charge < -0.3 is 15.5 Å². The normalized spacial score (nSPS) is 16.3. The average molecular weight is 684 g/mol. The van der Waals surface area contributed by atoms with Gasteiger partial charge in [-0.05, 0) is 54.1 Å². The first-order valence-corrected chi connectivity index (χ1v) is 13.7. The van der Waals surface area contributed by atoms with Crippen molar-refractivity contribution in [3.05, 3.63) is 68.7 Å². The Morgan fingerprint density at radius 2 is 1.72 bits per heavy atom. The second kappa shape index (κ2) is 12.7. The van der Waals surface area contributed by atoms with Gasteiger partial charge in [0.2, 0.25) is 11.9 Å². The fraction of sp³-hybridized carbons (Fsp3) is 0.462. The monoisotopic (exact) mass is 683 g/mol. The van der Waals surface area contributed by atoms with Crippen LogP contribution in [0.1, 0.15) is 53.5 Å². The predicted molar refractivity (Wildman–Crippen MR) is 142 cm³/mol. The maximum atomic E-state index is 14.8. The lowest BCUT2D eigenvalue weighted by Crippen LogP contribution is -2.37. The largest absolute Gasteiger partial charge is 0.353 e. The van der Waals surface area contributed by atoms with E-state index < -0.39 is 78.2 Å². The molecule has 1 aliphatic rings. The molecule has 3 aromatic rings. The number of nitrogens with zero attached hydrogens (tertiary/aromatic N) is 5. The highest BCUT2D eigenvalue weighted by atomic mass is 79.9. The molecular weight excluding hydrogens is 658 g/mol. The number of carbonyl (C=O) groups is 1. The van der Waals surface area contributed by atoms with Crippen LogP contribution in [0.4, 0.5) is 41.1 Å². The molecule has 4 rings (SSSR count). The van der Waals surface area contributed by atoms with Crippen molar-refractivity contribution in [2.24, 2.45) is 0 Å². The van der Waals surface area contributed by atoms with Crippen LogP contribution in [0.15, 0.2) is 28.9 Å². The van der Waals surface area contributed by atoms with Crippen molar-refractivity contribution in [2.45, 2.75) is 50.1 Å². The van der Waals surface area contributed by atoms with Crippen LogP contribution in [0.5, 0.6) is 0 Å². The van der Waals surface area contributed by atoms with Crippen molar-refractivity contribution >= 4 is 27.8 Å². The second-order valence-corrected chi connectivity index (χ2v) is 11.1. The fourth-order valence-electron chi connectivity index (χ4n) is 4.69. The molecule has 0 aliphatic heterocycles. The molecule has 1 amide bonds. The number of rotatable bonds is 11. The number of amides is 1. The van der Waals surface area contributed by atoms with E-state index in [0.29, 0.717) is 19.2 Å². The quantitative estimate of drug-likeness (QED) is 0.252. The van der Waals surface area contributed by atoms with E-state index in [9.17, 15) is 39.9 Å². The maximum absolute atomic E-state index is 14.8. The van der Waals surface area contributed by atoms with Gasteiger partial charge in [-0.25, -0.2) is 36.3 Å². The Hall–Kier alpha value is -3.34. The fourth-order valence-corrected chi connectivity index (χ4v) is 5.16. The van der Waals surface area contributed by atoms with Gasteiger partial charge >= 0.3 is 0 Å². The van der Waals surface area contributed by atoms with Gasteiger partial charge in [0.25, 0.3) is 18.3 Å². The molecule has 0 radical (unpaired) electrons. The molecule has 0 fully saturated rings. The minimum absolute atomic E-state index is 0.0815. The number of nitrogens with one attached hydrogen (secondary N) is 2. The van der Waals surface area contributed by atoms with E-state index in [0.717, 1.165) is 12.1 Å². The van der Waals surface area contributed by atoms with Crippen molar-refractivity contribution < 1.29 is 39.9 Å². The highest BCUT2D eigenvalue weighted by Gasteiger charge is 2.55. The molecule has 0 unspecified atom stereocenters. The summed E-state index contributed by atoms with van der Waals surface area (Å²) in [7, 11) is 3.69. The summed E-state index contributed by atoms with van der Waals surface area (Å²) in [5.41, 5.74) is -4.39. The number of carbonyl (C=O) groups excluding carboxylic acids is 1. The van der Waals surface area contributed by atoms with E-state index in [1.54, 1.807) is 0 Å². The highest BCUT2D eigenvalue weighted by molar-refractivity contribution is 9.10. The molecule has 0 saturated carbocycles. The van der Waals surface area contributed by atoms with Crippen LogP contribution in [-0.4, -0.2) is 57.7 Å². The Morgan fingerprint density at radius 1 is 1.07 bits per heavy atom. The summed E-state index contributed by atoms with van der Waals surface area (Å²) in [5.74, 6) is -10.7. The molecular formula is C26H26BrF8N7O. The van der Waals surface area contributed by atoms with Crippen molar-refractivity contribution in [1.29, 1.82) is 0 Å². The van der Waals surface area contributed by atoms with Gasteiger partial charge in [0.05, 0.1) is 21.8 Å². The molecule has 2 aromatic heterocycles. The first-order valence-electron chi connectivity index (χ1n) is 12.9. The number of hydrogen-bond donors (Lipinski definition) is 2. The minimum Gasteiger partial charge on any atom is -0.353 e. The molecule has 0 bridgehead atoms. The smallest absolute Gasteiger partial charge is 0.290 e. The third-order valence-corrected chi connectivity index (χ3v) is 7.20. The third kappa shape index (κ3) is 7.60. The number of benzene rings is 1. The third-order valence-electron chi connectivity index (χ3n) is 6.59. The van der Waals surface area contributed by atoms with Crippen LogP contribution in [0.25, 0.3) is 0 Å². The van der Waals surface area contributed by atoms with Crippen LogP contribution in [-0.2, 0) is 29.6 Å². The van der Waals surface area contributed by atoms with E-state index >= 15 is 0 Å². The van der Waals surface area contributed by atoms with E-state index in [1.165, 1.54) is 6.20 Å². The number of likely N-dealkylation sites (N-methyl/N-ethyl adjacent to an activating group) is 1. The molecule has 2 heterocycles. The van der Waals surface area contributed by atoms with Crippen LogP contribution in [0, 0.1) is 11.6 Å². The molecule has 17 heteroatoms. The van der Waals surface area contributed by atoms with Gasteiger partial charge in [-0.2, -0.15) is 13.9 Å². The summed E-state index contributed by atoms with van der Waals surface area (Å²) in [6, 6.07) is 1.48. The number of aromatic nitrogens is 4. The van der Waals surface area contributed by atoms with E-state index in [2.05, 4.69) is 41.6 Å². The van der Waals surface area contributed by atoms with Gasteiger partial charge in [-0.15, -0.1) is 0 Å². The first-order chi connectivity index (χ1) is 20.1. The Balaban J connectivity index is 1.69. The van der Waals surface area contributed by atoms with Crippen molar-refractivity contribution in [1.82, 2.24) is 30.0 Å². The van der Waals surface area contributed by atoms with Crippen LogP contribution in [0.3, 0.4) is 0 Å². The zero-order valence-electron chi connectivity index (χ0n) is 22.8. The Kier molecular flexibility index (Phi) is 9.63. The summed E-state index contributed by atoms with van der Waals surface area (Å²) < 4.78 is 114. The Labute approximate surface area is 249 Å². The summed E-state index contributed by atoms with van der Waals surface area (Å²) in [6.07, 6.45) is -5.23. The minimum atomic E-state index is -4.01. The standard InChI is InChI=1S/C26H26BrF8N7O/c1-41(2)6-5-36-24-37-11-16(27)20(39-24)17(9-13-7-14(28)10-15(29)8-13)38-18(43)12-42-22-19(21(40-42)23(30)31)25(32,33)3-4-26(22,34)35/h7-8,10-11,17,23H,3-6,9,12H2,1-2H3,(H,38,43)(H,36,37,39)/t17-/m0/s1. The SMILES string of the molecule is CN(C)CCNc1ncc(Br)c([C@H](Cc2cc(F)cc(F)c2)NC(=O)Cn2nc(C(F)F)c3c2C(F)(F)CCC3(F)F)n1. The Bertz CT molecular complexity index is 1460. The number of alkyl halides is 6. The second-order valence-electron chi connectivity index (χ2n) is 10.2. The van der Waals surface area contributed by atoms with Crippen LogP contribution < -0.4 is 10.6 Å². The van der Waals surface area contributed by atoms with Crippen LogP contribution in [0.2, 0.25) is 0 Å². The lowest BCUT2D eigenvalue weighted by atomic mass is 9.89. The molecule has 0 saturated heterocycles. The molecule has 234 valence electrons. The summed E-state index contributed by atoms with van der Waals surface area (Å²) >= 11 is 3.27. The maximum Gasteiger partial charge on any atom is 0.290 e. The lowest BCUT2D eigenvalue weighted by molar-refractivity contribution is -0.123. The van der Waals surface area contributed by atoms with Gasteiger partial charge in [0, 0.05) is 38.2 Å². The van der Waals surface area contributed by atoms with Gasteiger partial charge in [-0.1, -0.05) is 0 Å². The van der Waals surface area contributed by atoms with Crippen molar-refractivity contribution in [2.75, 3.05) is 32.5 Å². The van der Waals surface area contributed by atoms with Gasteiger partial charge in [0.15, 0.2) is 0 Å². The predicted octanol–water partition coefficient (Wildman–Crippen LogP) is 5.70. The first kappa shape index (κ1) is 32.6.